The van der Waals surface area contributed by atoms with E-state index in [4.69, 9.17) is 9.47 Å². The highest BCUT2D eigenvalue weighted by atomic mass is 16.5. The first kappa shape index (κ1) is 26.0. The van der Waals surface area contributed by atoms with E-state index in [2.05, 4.69) is 50.2 Å². The fourth-order valence-electron chi connectivity index (χ4n) is 5.54. The second-order valence-electron chi connectivity index (χ2n) is 10.3. The largest absolute Gasteiger partial charge is 0.379 e. The molecule has 5 rings (SSSR count). The van der Waals surface area contributed by atoms with Gasteiger partial charge in [0, 0.05) is 43.9 Å². The Morgan fingerprint density at radius 1 is 1.22 bits per heavy atom. The van der Waals surface area contributed by atoms with Crippen LogP contribution in [0, 0.1) is 6.92 Å². The van der Waals surface area contributed by atoms with Crippen molar-refractivity contribution in [2.45, 2.75) is 64.8 Å². The zero-order valence-corrected chi connectivity index (χ0v) is 22.1. The molecular weight excluding hydrogens is 470 g/mol. The van der Waals surface area contributed by atoms with Crippen LogP contribution < -0.4 is 5.56 Å². The standard InChI is InChI=1S/C27H39N7O3/c1-3-25(26-29-30-31-34(26)19-23-6-4-13-37-23)33(10-5-9-32-11-14-36-15-12-32)18-22-17-21-16-20(2)7-8-24(21)28-27(22)35/h7-8,16-17,23,25H,3-6,9-15,18-19H2,1-2H3,(H,28,35)/t23-,25+/m0/s1. The first-order valence-corrected chi connectivity index (χ1v) is 13.6. The Hall–Kier alpha value is -2.66. The fourth-order valence-corrected chi connectivity index (χ4v) is 5.54. The van der Waals surface area contributed by atoms with E-state index in [0.717, 1.165) is 94.0 Å². The molecule has 10 heteroatoms. The average Bonchev–Trinajstić information content (AvgIpc) is 3.59. The Labute approximate surface area is 217 Å². The molecule has 37 heavy (non-hydrogen) atoms. The number of aromatic nitrogens is 5. The number of nitrogens with zero attached hydrogens (tertiary/aromatic N) is 6. The van der Waals surface area contributed by atoms with Gasteiger partial charge in [-0.05, 0) is 73.2 Å². The van der Waals surface area contributed by atoms with E-state index in [1.807, 2.05) is 22.9 Å². The maximum absolute atomic E-state index is 13.1. The average molecular weight is 510 g/mol. The topological polar surface area (TPSA) is 101 Å². The van der Waals surface area contributed by atoms with Crippen molar-refractivity contribution in [1.29, 1.82) is 0 Å². The van der Waals surface area contributed by atoms with Crippen molar-refractivity contribution in [3.63, 3.8) is 0 Å². The van der Waals surface area contributed by atoms with E-state index in [1.165, 1.54) is 5.56 Å². The Morgan fingerprint density at radius 2 is 2.08 bits per heavy atom. The fraction of sp³-hybridized carbons (Fsp3) is 0.630. The number of aromatic amines is 1. The third kappa shape index (κ3) is 6.43. The smallest absolute Gasteiger partial charge is 0.252 e. The number of H-pyrrole nitrogens is 1. The van der Waals surface area contributed by atoms with Crippen molar-refractivity contribution < 1.29 is 9.47 Å². The summed E-state index contributed by atoms with van der Waals surface area (Å²) in [6.07, 6.45) is 4.10. The summed E-state index contributed by atoms with van der Waals surface area (Å²) in [5, 5.41) is 13.9. The summed E-state index contributed by atoms with van der Waals surface area (Å²) >= 11 is 0. The number of rotatable bonds is 11. The molecule has 0 amide bonds. The number of benzene rings is 1. The summed E-state index contributed by atoms with van der Waals surface area (Å²) in [7, 11) is 0. The molecule has 3 aromatic rings. The van der Waals surface area contributed by atoms with Gasteiger partial charge in [0.2, 0.25) is 0 Å². The molecule has 0 spiro atoms. The molecule has 1 aromatic carbocycles. The van der Waals surface area contributed by atoms with Crippen molar-refractivity contribution in [3.05, 3.63) is 51.6 Å². The summed E-state index contributed by atoms with van der Waals surface area (Å²) in [5.74, 6) is 0.845. The van der Waals surface area contributed by atoms with Crippen LogP contribution >= 0.6 is 0 Å². The van der Waals surface area contributed by atoms with Gasteiger partial charge < -0.3 is 14.5 Å². The van der Waals surface area contributed by atoms with E-state index >= 15 is 0 Å². The molecule has 2 aromatic heterocycles. The Bertz CT molecular complexity index is 1210. The van der Waals surface area contributed by atoms with Gasteiger partial charge in [0.05, 0.1) is 31.9 Å². The molecular formula is C27H39N7O3. The lowest BCUT2D eigenvalue weighted by Crippen LogP contribution is -2.39. The van der Waals surface area contributed by atoms with Gasteiger partial charge in [-0.2, -0.15) is 0 Å². The molecule has 0 saturated carbocycles. The Morgan fingerprint density at radius 3 is 2.86 bits per heavy atom. The van der Waals surface area contributed by atoms with Crippen LogP contribution in [-0.4, -0.2) is 87.1 Å². The Balaban J connectivity index is 1.39. The third-order valence-corrected chi connectivity index (χ3v) is 7.56. The Kier molecular flexibility index (Phi) is 8.60. The molecule has 1 N–H and O–H groups in total. The highest BCUT2D eigenvalue weighted by Crippen LogP contribution is 2.26. The molecule has 2 aliphatic heterocycles. The predicted octanol–water partition coefficient (Wildman–Crippen LogP) is 2.68. The van der Waals surface area contributed by atoms with Gasteiger partial charge in [-0.3, -0.25) is 14.6 Å². The van der Waals surface area contributed by atoms with Crippen LogP contribution in [0.5, 0.6) is 0 Å². The lowest BCUT2D eigenvalue weighted by atomic mass is 10.1. The number of morpholine rings is 1. The minimum absolute atomic E-state index is 0.00583. The summed E-state index contributed by atoms with van der Waals surface area (Å²) in [4.78, 5) is 21.0. The normalized spacial score (nSPS) is 19.7. The molecule has 0 aliphatic carbocycles. The van der Waals surface area contributed by atoms with E-state index in [1.54, 1.807) is 0 Å². The number of hydrogen-bond acceptors (Lipinski definition) is 8. The number of pyridine rings is 1. The minimum Gasteiger partial charge on any atom is -0.379 e. The first-order valence-electron chi connectivity index (χ1n) is 13.6. The molecule has 2 fully saturated rings. The minimum atomic E-state index is -0.0386. The van der Waals surface area contributed by atoms with Crippen LogP contribution in [0.4, 0.5) is 0 Å². The third-order valence-electron chi connectivity index (χ3n) is 7.56. The van der Waals surface area contributed by atoms with Crippen LogP contribution in [0.15, 0.2) is 29.1 Å². The summed E-state index contributed by atoms with van der Waals surface area (Å²) in [5.41, 5.74) is 2.77. The summed E-state index contributed by atoms with van der Waals surface area (Å²) in [6, 6.07) is 8.16. The molecule has 2 saturated heterocycles. The van der Waals surface area contributed by atoms with Crippen molar-refractivity contribution >= 4 is 10.9 Å². The zero-order chi connectivity index (χ0) is 25.6. The molecule has 4 heterocycles. The van der Waals surface area contributed by atoms with Gasteiger partial charge in [0.1, 0.15) is 0 Å². The van der Waals surface area contributed by atoms with Gasteiger partial charge in [0.25, 0.3) is 5.56 Å². The molecule has 10 nitrogen and oxygen atoms in total. The number of hydrogen-bond donors (Lipinski definition) is 1. The summed E-state index contributed by atoms with van der Waals surface area (Å²) in [6.45, 7) is 11.6. The molecule has 200 valence electrons. The van der Waals surface area contributed by atoms with E-state index < -0.39 is 0 Å². The highest BCUT2D eigenvalue weighted by molar-refractivity contribution is 5.79. The molecule has 0 radical (unpaired) electrons. The van der Waals surface area contributed by atoms with E-state index in [0.29, 0.717) is 13.1 Å². The number of fused-ring (bicyclic) bond motifs is 1. The monoisotopic (exact) mass is 509 g/mol. The molecule has 2 aliphatic rings. The second-order valence-corrected chi connectivity index (χ2v) is 10.3. The van der Waals surface area contributed by atoms with Crippen LogP contribution in [0.2, 0.25) is 0 Å². The van der Waals surface area contributed by atoms with Crippen molar-refractivity contribution in [3.8, 4) is 0 Å². The highest BCUT2D eigenvalue weighted by Gasteiger charge is 2.27. The van der Waals surface area contributed by atoms with Crippen LogP contribution in [0.1, 0.15) is 55.6 Å². The molecule has 0 unspecified atom stereocenters. The van der Waals surface area contributed by atoms with Gasteiger partial charge in [-0.15, -0.1) is 5.10 Å². The number of nitrogens with one attached hydrogen (secondary N) is 1. The molecule has 2 atom stereocenters. The van der Waals surface area contributed by atoms with Crippen molar-refractivity contribution in [1.82, 2.24) is 35.0 Å². The zero-order valence-electron chi connectivity index (χ0n) is 22.1. The van der Waals surface area contributed by atoms with Gasteiger partial charge in [-0.25, -0.2) is 4.68 Å². The number of ether oxygens (including phenoxy) is 2. The molecule has 0 bridgehead atoms. The maximum atomic E-state index is 13.1. The second kappa shape index (κ2) is 12.3. The predicted molar refractivity (Wildman–Crippen MR) is 141 cm³/mol. The number of aryl methyl sites for hydroxylation is 1. The summed E-state index contributed by atoms with van der Waals surface area (Å²) < 4.78 is 13.3. The van der Waals surface area contributed by atoms with Gasteiger partial charge >= 0.3 is 0 Å². The quantitative estimate of drug-likeness (QED) is 0.421. The van der Waals surface area contributed by atoms with Crippen LogP contribution in [0.3, 0.4) is 0 Å². The van der Waals surface area contributed by atoms with E-state index in [-0.39, 0.29) is 17.7 Å². The van der Waals surface area contributed by atoms with Gasteiger partial charge in [-0.1, -0.05) is 18.6 Å². The van der Waals surface area contributed by atoms with Gasteiger partial charge in [0.15, 0.2) is 5.82 Å². The lowest BCUT2D eigenvalue weighted by molar-refractivity contribution is 0.0348. The van der Waals surface area contributed by atoms with E-state index in [9.17, 15) is 4.79 Å². The number of tetrazole rings is 1. The van der Waals surface area contributed by atoms with Crippen molar-refractivity contribution in [2.24, 2.45) is 0 Å². The lowest BCUT2D eigenvalue weighted by Gasteiger charge is -2.32. The first-order chi connectivity index (χ1) is 18.1. The van der Waals surface area contributed by atoms with Crippen molar-refractivity contribution in [2.75, 3.05) is 46.0 Å². The SMILES string of the molecule is CC[C@H](c1nnnn1C[C@@H]1CCCO1)N(CCCN1CCOCC1)Cc1cc2cc(C)ccc2[nH]c1=O. The van der Waals surface area contributed by atoms with Crippen LogP contribution in [0.25, 0.3) is 10.9 Å². The maximum Gasteiger partial charge on any atom is 0.252 e. The van der Waals surface area contributed by atoms with Crippen LogP contribution in [-0.2, 0) is 22.6 Å².